The Hall–Kier alpha value is -0.120. The van der Waals surface area contributed by atoms with Gasteiger partial charge in [0.2, 0.25) is 0 Å². The van der Waals surface area contributed by atoms with E-state index in [9.17, 15) is 0 Å². The fourth-order valence-corrected chi connectivity index (χ4v) is 2.53. The van der Waals surface area contributed by atoms with Crippen molar-refractivity contribution in [3.05, 3.63) is 0 Å². The van der Waals surface area contributed by atoms with Crippen LogP contribution in [-0.2, 0) is 9.47 Å². The molecule has 0 amide bonds. The molecule has 1 heterocycles. The molecule has 1 aliphatic heterocycles. The predicted octanol–water partition coefficient (Wildman–Crippen LogP) is 2.09. The number of morpholine rings is 1. The molecule has 0 aromatic heterocycles. The number of nitrogens with zero attached hydrogens (tertiary/aromatic N) is 2. The molecule has 0 spiro atoms. The maximum absolute atomic E-state index is 5.56. The minimum atomic E-state index is 0. The SMILES string of the molecule is CCCCOCCCNC(=NC)NCC(C)(C)N1CCOCC1.I. The molecule has 2 N–H and O–H groups in total. The molecule has 1 aliphatic rings. The summed E-state index contributed by atoms with van der Waals surface area (Å²) >= 11 is 0. The van der Waals surface area contributed by atoms with Crippen LogP contribution in [-0.4, -0.2) is 76.1 Å². The fourth-order valence-electron chi connectivity index (χ4n) is 2.53. The maximum Gasteiger partial charge on any atom is 0.191 e. The van der Waals surface area contributed by atoms with Crippen LogP contribution >= 0.6 is 24.0 Å². The highest BCUT2D eigenvalue weighted by molar-refractivity contribution is 14.0. The Morgan fingerprint density at radius 2 is 1.83 bits per heavy atom. The molecular formula is C17H37IN4O2. The van der Waals surface area contributed by atoms with Gasteiger partial charge in [0.05, 0.1) is 13.2 Å². The van der Waals surface area contributed by atoms with Gasteiger partial charge in [0.25, 0.3) is 0 Å². The summed E-state index contributed by atoms with van der Waals surface area (Å²) in [5.41, 5.74) is 0.0880. The van der Waals surface area contributed by atoms with Crippen molar-refractivity contribution in [2.24, 2.45) is 4.99 Å². The number of rotatable bonds is 10. The summed E-state index contributed by atoms with van der Waals surface area (Å²) in [4.78, 5) is 6.76. The Labute approximate surface area is 165 Å². The molecule has 1 fully saturated rings. The molecule has 0 aromatic carbocycles. The largest absolute Gasteiger partial charge is 0.381 e. The molecular weight excluding hydrogens is 419 g/mol. The molecule has 7 heteroatoms. The van der Waals surface area contributed by atoms with E-state index in [-0.39, 0.29) is 29.5 Å². The van der Waals surface area contributed by atoms with Gasteiger partial charge in [-0.15, -0.1) is 24.0 Å². The number of nitrogens with one attached hydrogen (secondary N) is 2. The summed E-state index contributed by atoms with van der Waals surface area (Å²) in [7, 11) is 1.81. The van der Waals surface area contributed by atoms with Crippen LogP contribution in [0.2, 0.25) is 0 Å². The maximum atomic E-state index is 5.56. The molecule has 1 saturated heterocycles. The molecule has 0 aromatic rings. The van der Waals surface area contributed by atoms with Crippen molar-refractivity contribution in [3.63, 3.8) is 0 Å². The van der Waals surface area contributed by atoms with Gasteiger partial charge in [-0.3, -0.25) is 9.89 Å². The number of halogens is 1. The summed E-state index contributed by atoms with van der Waals surface area (Å²) in [5.74, 6) is 0.861. The highest BCUT2D eigenvalue weighted by Gasteiger charge is 2.28. The second-order valence-corrected chi connectivity index (χ2v) is 6.58. The van der Waals surface area contributed by atoms with Crippen LogP contribution in [0.25, 0.3) is 0 Å². The third-order valence-electron chi connectivity index (χ3n) is 4.18. The zero-order valence-electron chi connectivity index (χ0n) is 15.9. The van der Waals surface area contributed by atoms with Crippen molar-refractivity contribution < 1.29 is 9.47 Å². The topological polar surface area (TPSA) is 58.1 Å². The summed E-state index contributed by atoms with van der Waals surface area (Å²) in [6.45, 7) is 13.8. The second kappa shape index (κ2) is 14.1. The average molecular weight is 456 g/mol. The lowest BCUT2D eigenvalue weighted by Crippen LogP contribution is -2.56. The van der Waals surface area contributed by atoms with Gasteiger partial charge in [0, 0.05) is 52.0 Å². The lowest BCUT2D eigenvalue weighted by atomic mass is 10.0. The number of hydrogen-bond acceptors (Lipinski definition) is 4. The standard InChI is InChI=1S/C17H36N4O2.HI/c1-5-6-11-22-12-7-8-19-16(18-4)20-15-17(2,3)21-9-13-23-14-10-21;/h5-15H2,1-4H3,(H2,18,19,20);1H. The smallest absolute Gasteiger partial charge is 0.191 e. The number of unbranched alkanes of at least 4 members (excludes halogenated alkanes) is 1. The van der Waals surface area contributed by atoms with Gasteiger partial charge in [-0.25, -0.2) is 0 Å². The summed E-state index contributed by atoms with van der Waals surface area (Å²) in [6, 6.07) is 0. The molecule has 0 aliphatic carbocycles. The van der Waals surface area contributed by atoms with Crippen LogP contribution in [0.5, 0.6) is 0 Å². The fraction of sp³-hybridized carbons (Fsp3) is 0.941. The van der Waals surface area contributed by atoms with Gasteiger partial charge < -0.3 is 20.1 Å². The predicted molar refractivity (Wildman–Crippen MR) is 112 cm³/mol. The Morgan fingerprint density at radius 3 is 2.46 bits per heavy atom. The van der Waals surface area contributed by atoms with Crippen LogP contribution in [0.15, 0.2) is 4.99 Å². The van der Waals surface area contributed by atoms with E-state index in [0.717, 1.165) is 71.4 Å². The molecule has 144 valence electrons. The Morgan fingerprint density at radius 1 is 1.17 bits per heavy atom. The first kappa shape index (κ1) is 23.9. The van der Waals surface area contributed by atoms with Gasteiger partial charge in [-0.05, 0) is 26.7 Å². The van der Waals surface area contributed by atoms with Crippen molar-refractivity contribution in [2.75, 3.05) is 59.7 Å². The van der Waals surface area contributed by atoms with E-state index in [2.05, 4.69) is 41.3 Å². The lowest BCUT2D eigenvalue weighted by molar-refractivity contribution is -0.00834. The second-order valence-electron chi connectivity index (χ2n) is 6.58. The van der Waals surface area contributed by atoms with Gasteiger partial charge in [-0.2, -0.15) is 0 Å². The Bertz CT molecular complexity index is 335. The molecule has 0 bridgehead atoms. The zero-order chi connectivity index (χ0) is 17.0. The normalized spacial score (nSPS) is 16.6. The quantitative estimate of drug-likeness (QED) is 0.228. The molecule has 0 atom stereocenters. The van der Waals surface area contributed by atoms with Crippen LogP contribution in [0.1, 0.15) is 40.0 Å². The first-order valence-electron chi connectivity index (χ1n) is 8.95. The van der Waals surface area contributed by atoms with Crippen molar-refractivity contribution >= 4 is 29.9 Å². The molecule has 1 rings (SSSR count). The summed E-state index contributed by atoms with van der Waals surface area (Å²) < 4.78 is 11.0. The highest BCUT2D eigenvalue weighted by atomic mass is 127. The molecule has 0 saturated carbocycles. The Kier molecular flexibility index (Phi) is 14.0. The van der Waals surface area contributed by atoms with Crippen molar-refractivity contribution in [3.8, 4) is 0 Å². The number of hydrogen-bond donors (Lipinski definition) is 2. The van der Waals surface area contributed by atoms with Gasteiger partial charge >= 0.3 is 0 Å². The monoisotopic (exact) mass is 456 g/mol. The number of ether oxygens (including phenoxy) is 2. The molecule has 0 unspecified atom stereocenters. The lowest BCUT2D eigenvalue weighted by Gasteiger charge is -2.41. The first-order chi connectivity index (χ1) is 11.1. The molecule has 24 heavy (non-hydrogen) atoms. The van der Waals surface area contributed by atoms with Crippen molar-refractivity contribution in [1.29, 1.82) is 0 Å². The van der Waals surface area contributed by atoms with E-state index in [1.54, 1.807) is 0 Å². The first-order valence-corrected chi connectivity index (χ1v) is 8.95. The van der Waals surface area contributed by atoms with E-state index in [1.165, 1.54) is 6.42 Å². The van der Waals surface area contributed by atoms with Crippen LogP contribution in [0.4, 0.5) is 0 Å². The van der Waals surface area contributed by atoms with Crippen LogP contribution in [0, 0.1) is 0 Å². The van der Waals surface area contributed by atoms with E-state index < -0.39 is 0 Å². The molecule has 6 nitrogen and oxygen atoms in total. The number of guanidine groups is 1. The Balaban J connectivity index is 0.00000529. The van der Waals surface area contributed by atoms with E-state index >= 15 is 0 Å². The minimum Gasteiger partial charge on any atom is -0.381 e. The van der Waals surface area contributed by atoms with E-state index in [1.807, 2.05) is 7.05 Å². The number of aliphatic imine (C=N–C) groups is 1. The van der Waals surface area contributed by atoms with Crippen molar-refractivity contribution in [1.82, 2.24) is 15.5 Å². The average Bonchev–Trinajstić information content (AvgIpc) is 2.57. The zero-order valence-corrected chi connectivity index (χ0v) is 18.2. The van der Waals surface area contributed by atoms with Crippen LogP contribution < -0.4 is 10.6 Å². The molecule has 0 radical (unpaired) electrons. The minimum absolute atomic E-state index is 0. The van der Waals surface area contributed by atoms with Gasteiger partial charge in [0.15, 0.2) is 5.96 Å². The van der Waals surface area contributed by atoms with Crippen molar-refractivity contribution in [2.45, 2.75) is 45.6 Å². The highest BCUT2D eigenvalue weighted by Crippen LogP contribution is 2.14. The summed E-state index contributed by atoms with van der Waals surface area (Å²) in [6.07, 6.45) is 3.33. The third-order valence-corrected chi connectivity index (χ3v) is 4.18. The van der Waals surface area contributed by atoms with Crippen LogP contribution in [0.3, 0.4) is 0 Å². The van der Waals surface area contributed by atoms with Gasteiger partial charge in [0.1, 0.15) is 0 Å². The van der Waals surface area contributed by atoms with E-state index in [4.69, 9.17) is 9.47 Å². The van der Waals surface area contributed by atoms with E-state index in [0.29, 0.717) is 0 Å². The summed E-state index contributed by atoms with van der Waals surface area (Å²) in [5, 5.41) is 6.79. The third kappa shape index (κ3) is 10.0. The van der Waals surface area contributed by atoms with Gasteiger partial charge in [-0.1, -0.05) is 13.3 Å².